The molecule has 1 N–H and O–H groups in total. The molecule has 2 rings (SSSR count). The molecule has 0 heterocycles. The Morgan fingerprint density at radius 3 is 2.42 bits per heavy atom. The van der Waals surface area contributed by atoms with Gasteiger partial charge in [-0.05, 0) is 37.1 Å². The molecule has 1 atom stereocenters. The number of methoxy groups -OCH3 is 1. The van der Waals surface area contributed by atoms with Gasteiger partial charge in [0.1, 0.15) is 5.75 Å². The van der Waals surface area contributed by atoms with Gasteiger partial charge in [-0.3, -0.25) is 9.59 Å². The van der Waals surface area contributed by atoms with E-state index in [0.717, 1.165) is 11.1 Å². The maximum atomic E-state index is 12.5. The van der Waals surface area contributed by atoms with Crippen LogP contribution in [0.15, 0.2) is 54.6 Å². The SMILES string of the molecule is COc1cccc(CC(=O)NC(CC(=O)OC(C)C)c2ccccc2)c1. The third-order valence-electron chi connectivity index (χ3n) is 3.77. The second-order valence-electron chi connectivity index (χ2n) is 6.30. The predicted molar refractivity (Wildman–Crippen MR) is 99.9 cm³/mol. The van der Waals surface area contributed by atoms with Crippen LogP contribution < -0.4 is 10.1 Å². The van der Waals surface area contributed by atoms with Crippen molar-refractivity contribution in [2.24, 2.45) is 0 Å². The number of benzene rings is 2. The molecule has 26 heavy (non-hydrogen) atoms. The zero-order valence-corrected chi connectivity index (χ0v) is 15.4. The minimum atomic E-state index is -0.430. The smallest absolute Gasteiger partial charge is 0.308 e. The van der Waals surface area contributed by atoms with Gasteiger partial charge in [0, 0.05) is 0 Å². The van der Waals surface area contributed by atoms with E-state index < -0.39 is 6.04 Å². The fraction of sp³-hybridized carbons (Fsp3) is 0.333. The zero-order valence-electron chi connectivity index (χ0n) is 15.4. The van der Waals surface area contributed by atoms with Crippen molar-refractivity contribution < 1.29 is 19.1 Å². The molecule has 0 aromatic heterocycles. The van der Waals surface area contributed by atoms with E-state index in [2.05, 4.69) is 5.32 Å². The molecule has 1 amide bonds. The summed E-state index contributed by atoms with van der Waals surface area (Å²) in [5.41, 5.74) is 1.71. The van der Waals surface area contributed by atoms with Crippen LogP contribution in [0.3, 0.4) is 0 Å². The number of ether oxygens (including phenoxy) is 2. The summed E-state index contributed by atoms with van der Waals surface area (Å²) in [5, 5.41) is 2.94. The van der Waals surface area contributed by atoms with E-state index in [1.54, 1.807) is 21.0 Å². The summed E-state index contributed by atoms with van der Waals surface area (Å²) in [6, 6.07) is 16.4. The minimum Gasteiger partial charge on any atom is -0.497 e. The van der Waals surface area contributed by atoms with Gasteiger partial charge in [-0.15, -0.1) is 0 Å². The van der Waals surface area contributed by atoms with E-state index in [-0.39, 0.29) is 30.8 Å². The first-order chi connectivity index (χ1) is 12.5. The predicted octanol–water partition coefficient (Wildman–Crippen LogP) is 3.44. The lowest BCUT2D eigenvalue weighted by Crippen LogP contribution is -2.32. The van der Waals surface area contributed by atoms with Gasteiger partial charge in [-0.25, -0.2) is 0 Å². The van der Waals surface area contributed by atoms with Gasteiger partial charge in [0.05, 0.1) is 32.1 Å². The molecule has 0 aliphatic rings. The van der Waals surface area contributed by atoms with E-state index in [4.69, 9.17) is 9.47 Å². The Bertz CT molecular complexity index is 728. The third-order valence-corrected chi connectivity index (χ3v) is 3.77. The Hall–Kier alpha value is -2.82. The summed E-state index contributed by atoms with van der Waals surface area (Å²) >= 11 is 0. The fourth-order valence-electron chi connectivity index (χ4n) is 2.63. The Morgan fingerprint density at radius 1 is 1.04 bits per heavy atom. The summed E-state index contributed by atoms with van der Waals surface area (Å²) in [6.07, 6.45) is 0.109. The van der Waals surface area contributed by atoms with E-state index in [1.807, 2.05) is 54.6 Å². The Kier molecular flexibility index (Phi) is 7.21. The first-order valence-electron chi connectivity index (χ1n) is 8.64. The van der Waals surface area contributed by atoms with Crippen LogP contribution in [0.4, 0.5) is 0 Å². The summed E-state index contributed by atoms with van der Waals surface area (Å²) in [4.78, 5) is 24.6. The Balaban J connectivity index is 2.07. The van der Waals surface area contributed by atoms with Crippen LogP contribution in [0.5, 0.6) is 5.75 Å². The summed E-state index contributed by atoms with van der Waals surface area (Å²) in [6.45, 7) is 3.60. The van der Waals surface area contributed by atoms with Gasteiger partial charge in [0.15, 0.2) is 0 Å². The largest absolute Gasteiger partial charge is 0.497 e. The highest BCUT2D eigenvalue weighted by atomic mass is 16.5. The lowest BCUT2D eigenvalue weighted by atomic mass is 10.0. The quantitative estimate of drug-likeness (QED) is 0.737. The molecule has 2 aromatic carbocycles. The molecule has 0 fully saturated rings. The molecule has 2 aromatic rings. The van der Waals surface area contributed by atoms with Crippen molar-refractivity contribution in [3.05, 3.63) is 65.7 Å². The first kappa shape index (κ1) is 19.5. The van der Waals surface area contributed by atoms with E-state index in [9.17, 15) is 9.59 Å². The van der Waals surface area contributed by atoms with E-state index in [1.165, 1.54) is 0 Å². The van der Waals surface area contributed by atoms with Crippen molar-refractivity contribution >= 4 is 11.9 Å². The van der Waals surface area contributed by atoms with Crippen LogP contribution in [0, 0.1) is 0 Å². The molecule has 0 spiro atoms. The highest BCUT2D eigenvalue weighted by Gasteiger charge is 2.20. The molecule has 138 valence electrons. The number of rotatable bonds is 8. The maximum Gasteiger partial charge on any atom is 0.308 e. The van der Waals surface area contributed by atoms with Gasteiger partial charge in [-0.1, -0.05) is 42.5 Å². The van der Waals surface area contributed by atoms with Crippen molar-refractivity contribution in [2.45, 2.75) is 38.8 Å². The normalized spacial score (nSPS) is 11.7. The molecule has 5 nitrogen and oxygen atoms in total. The van der Waals surface area contributed by atoms with Gasteiger partial charge in [0.25, 0.3) is 0 Å². The average Bonchev–Trinajstić information content (AvgIpc) is 2.61. The van der Waals surface area contributed by atoms with Crippen LogP contribution in [-0.4, -0.2) is 25.1 Å². The van der Waals surface area contributed by atoms with Gasteiger partial charge in [-0.2, -0.15) is 0 Å². The van der Waals surface area contributed by atoms with Gasteiger partial charge >= 0.3 is 5.97 Å². The van der Waals surface area contributed by atoms with E-state index in [0.29, 0.717) is 5.75 Å². The van der Waals surface area contributed by atoms with Crippen molar-refractivity contribution in [1.82, 2.24) is 5.32 Å². The first-order valence-corrected chi connectivity index (χ1v) is 8.64. The van der Waals surface area contributed by atoms with Crippen LogP contribution in [0.2, 0.25) is 0 Å². The number of amides is 1. The highest BCUT2D eigenvalue weighted by molar-refractivity contribution is 5.80. The molecule has 0 bridgehead atoms. The number of hydrogen-bond acceptors (Lipinski definition) is 4. The van der Waals surface area contributed by atoms with Crippen LogP contribution in [0.25, 0.3) is 0 Å². The lowest BCUT2D eigenvalue weighted by molar-refractivity contribution is -0.148. The van der Waals surface area contributed by atoms with Crippen molar-refractivity contribution in [3.8, 4) is 5.75 Å². The number of nitrogens with one attached hydrogen (secondary N) is 1. The van der Waals surface area contributed by atoms with Crippen molar-refractivity contribution in [3.63, 3.8) is 0 Å². The number of hydrogen-bond donors (Lipinski definition) is 1. The summed E-state index contributed by atoms with van der Waals surface area (Å²) < 4.78 is 10.4. The molecule has 1 unspecified atom stereocenters. The van der Waals surface area contributed by atoms with Crippen molar-refractivity contribution in [1.29, 1.82) is 0 Å². The summed E-state index contributed by atoms with van der Waals surface area (Å²) in [5.74, 6) is 0.204. The number of esters is 1. The van der Waals surface area contributed by atoms with E-state index >= 15 is 0 Å². The molecular weight excluding hydrogens is 330 g/mol. The van der Waals surface area contributed by atoms with Crippen LogP contribution in [0.1, 0.15) is 37.4 Å². The Labute approximate surface area is 154 Å². The number of carbonyl (C=O) groups is 2. The van der Waals surface area contributed by atoms with Crippen molar-refractivity contribution in [2.75, 3.05) is 7.11 Å². The summed E-state index contributed by atoms with van der Waals surface area (Å²) in [7, 11) is 1.59. The molecule has 0 aliphatic carbocycles. The molecule has 0 saturated heterocycles. The minimum absolute atomic E-state index is 0.0893. The lowest BCUT2D eigenvalue weighted by Gasteiger charge is -2.19. The maximum absolute atomic E-state index is 12.5. The second-order valence-corrected chi connectivity index (χ2v) is 6.30. The number of carbonyl (C=O) groups excluding carboxylic acids is 2. The topological polar surface area (TPSA) is 64.6 Å². The monoisotopic (exact) mass is 355 g/mol. The van der Waals surface area contributed by atoms with Crippen LogP contribution >= 0.6 is 0 Å². The average molecular weight is 355 g/mol. The molecule has 0 aliphatic heterocycles. The molecule has 0 saturated carbocycles. The third kappa shape index (κ3) is 6.24. The molecule has 5 heteroatoms. The van der Waals surface area contributed by atoms with Gasteiger partial charge in [0.2, 0.25) is 5.91 Å². The second kappa shape index (κ2) is 9.61. The van der Waals surface area contributed by atoms with Crippen LogP contribution in [-0.2, 0) is 20.7 Å². The standard InChI is InChI=1S/C21H25NO4/c1-15(2)26-21(24)14-19(17-9-5-4-6-10-17)22-20(23)13-16-8-7-11-18(12-16)25-3/h4-12,15,19H,13-14H2,1-3H3,(H,22,23). The molecule has 0 radical (unpaired) electrons. The fourth-order valence-corrected chi connectivity index (χ4v) is 2.63. The van der Waals surface area contributed by atoms with Gasteiger partial charge < -0.3 is 14.8 Å². The highest BCUT2D eigenvalue weighted by Crippen LogP contribution is 2.19. The Morgan fingerprint density at radius 2 is 1.77 bits per heavy atom. The zero-order chi connectivity index (χ0) is 18.9. The molecular formula is C21H25NO4.